The molecule has 2 unspecified atom stereocenters. The fraction of sp³-hybridized carbons (Fsp3) is 0.273. The highest BCUT2D eigenvalue weighted by Gasteiger charge is 2.43. The number of ketones is 1. The zero-order valence-corrected chi connectivity index (χ0v) is 33.4. The van der Waals surface area contributed by atoms with Gasteiger partial charge in [-0.05, 0) is 41.3 Å². The third-order valence-corrected chi connectivity index (χ3v) is 9.61. The van der Waals surface area contributed by atoms with Crippen molar-refractivity contribution in [2.75, 3.05) is 13.7 Å². The van der Waals surface area contributed by atoms with Crippen LogP contribution in [0.4, 0.5) is 4.79 Å². The van der Waals surface area contributed by atoms with Crippen molar-refractivity contribution < 1.29 is 38.2 Å². The smallest absolute Gasteiger partial charge is 0.407 e. The number of nitrogens with two attached hydrogens (primary N) is 2. The van der Waals surface area contributed by atoms with Crippen molar-refractivity contribution in [3.05, 3.63) is 144 Å². The summed E-state index contributed by atoms with van der Waals surface area (Å²) in [6, 6.07) is 28.6. The number of hydrogen-bond donors (Lipinski definition) is 5. The van der Waals surface area contributed by atoms with Crippen LogP contribution in [0.25, 0.3) is 10.9 Å². The van der Waals surface area contributed by atoms with Crippen LogP contribution >= 0.6 is 0 Å². The molecule has 0 saturated carbocycles. The van der Waals surface area contributed by atoms with Crippen LogP contribution < -0.4 is 27.5 Å². The number of nitrogens with zero attached hydrogens (tertiary/aromatic N) is 3. The summed E-state index contributed by atoms with van der Waals surface area (Å²) in [5.41, 5.74) is 17.1. The molecule has 0 radical (unpaired) electrons. The maximum absolute atomic E-state index is 15.1. The number of nitrogens with one attached hydrogen (secondary N) is 3. The molecular formula is C44H48N8O8. The molecule has 4 amide bonds. The molecule has 312 valence electrons. The lowest BCUT2D eigenvalue weighted by Crippen LogP contribution is -2.58. The number of pyridine rings is 2. The molecule has 5 atom stereocenters. The monoisotopic (exact) mass is 816 g/mol. The van der Waals surface area contributed by atoms with Gasteiger partial charge in [0.15, 0.2) is 5.78 Å². The zero-order valence-electron chi connectivity index (χ0n) is 33.4. The van der Waals surface area contributed by atoms with Crippen molar-refractivity contribution >= 4 is 46.5 Å². The number of aromatic nitrogens is 2. The largest absolute Gasteiger partial charge is 0.455 e. The van der Waals surface area contributed by atoms with Gasteiger partial charge >= 0.3 is 12.1 Å². The summed E-state index contributed by atoms with van der Waals surface area (Å²) in [4.78, 5) is 90.3. The van der Waals surface area contributed by atoms with Gasteiger partial charge in [-0.25, -0.2) is 24.6 Å². The van der Waals surface area contributed by atoms with E-state index in [1.807, 2.05) is 18.2 Å². The quantitative estimate of drug-likeness (QED) is 0.0594. The van der Waals surface area contributed by atoms with Crippen LogP contribution in [0.3, 0.4) is 0 Å². The highest BCUT2D eigenvalue weighted by molar-refractivity contribution is 6.00. The molecule has 0 aliphatic heterocycles. The summed E-state index contributed by atoms with van der Waals surface area (Å²) >= 11 is 0. The molecule has 0 saturated heterocycles. The van der Waals surface area contributed by atoms with E-state index in [1.165, 1.54) is 30.4 Å². The molecule has 0 fully saturated rings. The van der Waals surface area contributed by atoms with Crippen LogP contribution in [0, 0.1) is 11.8 Å². The minimum Gasteiger partial charge on any atom is -0.455 e. The lowest BCUT2D eigenvalue weighted by atomic mass is 9.81. The van der Waals surface area contributed by atoms with Crippen LogP contribution in [0.2, 0.25) is 0 Å². The highest BCUT2D eigenvalue weighted by Crippen LogP contribution is 2.29. The van der Waals surface area contributed by atoms with Gasteiger partial charge in [0, 0.05) is 24.2 Å². The van der Waals surface area contributed by atoms with Crippen LogP contribution in [-0.2, 0) is 30.4 Å². The summed E-state index contributed by atoms with van der Waals surface area (Å²) in [5.74, 6) is -5.95. The molecule has 0 aliphatic rings. The van der Waals surface area contributed by atoms with E-state index < -0.39 is 78.1 Å². The first kappa shape index (κ1) is 44.1. The van der Waals surface area contributed by atoms with Gasteiger partial charge in [0.05, 0.1) is 37.6 Å². The van der Waals surface area contributed by atoms with E-state index in [0.717, 1.165) is 5.39 Å². The number of carbonyl (C=O) groups is 6. The van der Waals surface area contributed by atoms with Crippen molar-refractivity contribution in [3.63, 3.8) is 0 Å². The number of benzene rings is 3. The number of alkyl carbamates (subject to hydrolysis) is 1. The summed E-state index contributed by atoms with van der Waals surface area (Å²) in [7, 11) is 1.17. The van der Waals surface area contributed by atoms with Crippen LogP contribution in [0.15, 0.2) is 121 Å². The Morgan fingerprint density at radius 3 is 2.10 bits per heavy atom. The Kier molecular flexibility index (Phi) is 15.5. The molecule has 0 spiro atoms. The first-order chi connectivity index (χ1) is 28.8. The Labute approximate surface area is 347 Å². The second-order valence-corrected chi connectivity index (χ2v) is 14.3. The number of ether oxygens (including phenoxy) is 2. The SMILES string of the molecule is COC(=O)N[C@H](C(=O)NN(Cc1ccccc1)CC(OC(=O)c1ccccn1)[C@@H](C(=O)[C@H](CC(N)=O)NC(=O)c1ccc2ccccc2n1)C(N)c1ccccc1)C(C)C. The lowest BCUT2D eigenvalue weighted by Gasteiger charge is -2.36. The number of para-hydroxylation sites is 1. The van der Waals surface area contributed by atoms with Crippen LogP contribution in [0.1, 0.15) is 58.4 Å². The number of carbonyl (C=O) groups excluding carboxylic acids is 6. The molecule has 60 heavy (non-hydrogen) atoms. The molecule has 16 nitrogen and oxygen atoms in total. The van der Waals surface area contributed by atoms with Crippen molar-refractivity contribution in [2.24, 2.45) is 23.3 Å². The third-order valence-electron chi connectivity index (χ3n) is 9.61. The van der Waals surface area contributed by atoms with Gasteiger partial charge in [-0.1, -0.05) is 105 Å². The Hall–Kier alpha value is -7.04. The number of fused-ring (bicyclic) bond motifs is 1. The van der Waals surface area contributed by atoms with Crippen molar-refractivity contribution in [1.82, 2.24) is 31.0 Å². The molecule has 7 N–H and O–H groups in total. The molecule has 2 aromatic heterocycles. The second-order valence-electron chi connectivity index (χ2n) is 14.3. The van der Waals surface area contributed by atoms with Gasteiger partial charge in [-0.2, -0.15) is 0 Å². The predicted molar refractivity (Wildman–Crippen MR) is 221 cm³/mol. The van der Waals surface area contributed by atoms with E-state index in [0.29, 0.717) is 16.6 Å². The average molecular weight is 817 g/mol. The Balaban J connectivity index is 1.60. The van der Waals surface area contributed by atoms with Crippen LogP contribution in [0.5, 0.6) is 0 Å². The zero-order chi connectivity index (χ0) is 43.2. The van der Waals surface area contributed by atoms with Gasteiger partial charge in [0.2, 0.25) is 5.91 Å². The molecule has 3 aromatic carbocycles. The third kappa shape index (κ3) is 12.0. The Morgan fingerprint density at radius 2 is 1.45 bits per heavy atom. The summed E-state index contributed by atoms with van der Waals surface area (Å²) in [6.07, 6.45) is -1.58. The van der Waals surface area contributed by atoms with Crippen molar-refractivity contribution in [3.8, 4) is 0 Å². The number of hydrogen-bond acceptors (Lipinski definition) is 12. The number of Topliss-reactive ketones (excluding diaryl/α,β-unsaturated/α-hetero) is 1. The average Bonchev–Trinajstić information content (AvgIpc) is 3.25. The first-order valence-corrected chi connectivity index (χ1v) is 19.2. The van der Waals surface area contributed by atoms with Crippen molar-refractivity contribution in [1.29, 1.82) is 0 Å². The van der Waals surface area contributed by atoms with Gasteiger partial charge < -0.3 is 31.6 Å². The minimum atomic E-state index is -1.58. The number of amides is 4. The van der Waals surface area contributed by atoms with Gasteiger partial charge in [-0.3, -0.25) is 24.6 Å². The minimum absolute atomic E-state index is 0.0177. The lowest BCUT2D eigenvalue weighted by molar-refractivity contribution is -0.134. The molecule has 5 rings (SSSR count). The number of esters is 1. The molecule has 16 heteroatoms. The normalized spacial score (nSPS) is 13.6. The molecule has 2 heterocycles. The summed E-state index contributed by atoms with van der Waals surface area (Å²) in [6.45, 7) is 3.10. The topological polar surface area (TPSA) is 238 Å². The predicted octanol–water partition coefficient (Wildman–Crippen LogP) is 3.63. The molecule has 0 aliphatic carbocycles. The molecule has 0 bridgehead atoms. The first-order valence-electron chi connectivity index (χ1n) is 19.2. The van der Waals surface area contributed by atoms with Crippen LogP contribution in [-0.4, -0.2) is 82.4 Å². The standard InChI is InChI=1S/C44H48N8O8/c1-27(2)39(50-44(58)59-3)42(56)51-52(25-28-14-6-4-7-15-28)26-35(60-43(57)33-20-12-13-23-47-33)37(38(46)30-17-8-5-9-18-30)40(54)34(24-36(45)53)49-41(55)32-22-21-29-16-10-11-19-31(29)48-32/h4-23,27,34-35,37-39H,24-26,46H2,1-3H3,(H2,45,53)(H,49,55)(H,50,58)(H,51,56)/t34-,35?,37+,38?,39-/m0/s1. The molecular weight excluding hydrogens is 769 g/mol. The van der Waals surface area contributed by atoms with E-state index in [1.54, 1.807) is 98.8 Å². The highest BCUT2D eigenvalue weighted by atomic mass is 16.5. The van der Waals surface area contributed by atoms with Gasteiger partial charge in [0.25, 0.3) is 11.8 Å². The fourth-order valence-electron chi connectivity index (χ4n) is 6.58. The van der Waals surface area contributed by atoms with Gasteiger partial charge in [0.1, 0.15) is 23.5 Å². The maximum Gasteiger partial charge on any atom is 0.407 e. The van der Waals surface area contributed by atoms with E-state index in [9.17, 15) is 24.0 Å². The van der Waals surface area contributed by atoms with E-state index in [2.05, 4.69) is 26.0 Å². The van der Waals surface area contributed by atoms with Crippen molar-refractivity contribution in [2.45, 2.75) is 51.0 Å². The number of hydrazine groups is 1. The van der Waals surface area contributed by atoms with E-state index >= 15 is 4.79 Å². The fourth-order valence-corrected chi connectivity index (χ4v) is 6.58. The summed E-state index contributed by atoms with van der Waals surface area (Å²) < 4.78 is 10.9. The molecule has 5 aromatic rings. The number of rotatable bonds is 19. The number of primary amides is 1. The number of methoxy groups -OCH3 is 1. The van der Waals surface area contributed by atoms with E-state index in [-0.39, 0.29) is 24.5 Å². The van der Waals surface area contributed by atoms with E-state index in [4.69, 9.17) is 20.9 Å². The Morgan fingerprint density at radius 1 is 0.783 bits per heavy atom. The Bertz CT molecular complexity index is 2260. The second kappa shape index (κ2) is 21.1. The maximum atomic E-state index is 15.1. The summed E-state index contributed by atoms with van der Waals surface area (Å²) in [5, 5.41) is 7.39. The van der Waals surface area contributed by atoms with Gasteiger partial charge in [-0.15, -0.1) is 0 Å².